The molecule has 0 amide bonds. The van der Waals surface area contributed by atoms with Gasteiger partial charge in [0.15, 0.2) is 5.82 Å². The van der Waals surface area contributed by atoms with E-state index in [0.29, 0.717) is 19.6 Å². The highest BCUT2D eigenvalue weighted by molar-refractivity contribution is 7.86. The maximum absolute atomic E-state index is 13.7. The van der Waals surface area contributed by atoms with Crippen molar-refractivity contribution < 1.29 is 45.4 Å². The summed E-state index contributed by atoms with van der Waals surface area (Å²) < 4.78 is 84.3. The fraction of sp³-hybridized carbons (Fsp3) is 0.647. The van der Waals surface area contributed by atoms with Gasteiger partial charge in [0.25, 0.3) is 16.1 Å². The number of pyridine rings is 1. The minimum absolute atomic E-state index is 0.0447. The summed E-state index contributed by atoms with van der Waals surface area (Å²) in [6.07, 6.45) is -1.95. The van der Waals surface area contributed by atoms with Crippen LogP contribution in [0.25, 0.3) is 0 Å². The number of hydrogen-bond donors (Lipinski definition) is 1. The monoisotopic (exact) mass is 473 g/mol. The van der Waals surface area contributed by atoms with Crippen molar-refractivity contribution in [2.24, 2.45) is 0 Å². The summed E-state index contributed by atoms with van der Waals surface area (Å²) in [5.74, 6) is -3.32. The lowest BCUT2D eigenvalue weighted by atomic mass is 9.90. The van der Waals surface area contributed by atoms with Crippen molar-refractivity contribution >= 4 is 16.2 Å². The van der Waals surface area contributed by atoms with Crippen LogP contribution in [0.15, 0.2) is 18.3 Å². The van der Waals surface area contributed by atoms with Crippen LogP contribution in [0.3, 0.4) is 0 Å². The van der Waals surface area contributed by atoms with E-state index in [0.717, 1.165) is 12.8 Å². The predicted octanol–water partition coefficient (Wildman–Crippen LogP) is 1.66. The van der Waals surface area contributed by atoms with Gasteiger partial charge in [-0.2, -0.15) is 30.2 Å². The molecule has 1 N–H and O–H groups in total. The van der Waals surface area contributed by atoms with Crippen LogP contribution in [0, 0.1) is 5.82 Å². The summed E-state index contributed by atoms with van der Waals surface area (Å²) >= 11 is 0. The van der Waals surface area contributed by atoms with Gasteiger partial charge in [0.2, 0.25) is 0 Å². The van der Waals surface area contributed by atoms with Crippen LogP contribution in [0.1, 0.15) is 19.3 Å². The van der Waals surface area contributed by atoms with Crippen molar-refractivity contribution in [1.29, 1.82) is 0 Å². The number of carboxylic acid groups (broad SMARTS) is 1. The first-order valence-electron chi connectivity index (χ1n) is 9.16. The van der Waals surface area contributed by atoms with Crippen LogP contribution >= 0.6 is 0 Å². The molecule has 1 aromatic rings. The highest BCUT2D eigenvalue weighted by atomic mass is 32.2. The molecule has 0 radical (unpaired) electrons. The van der Waals surface area contributed by atoms with Gasteiger partial charge in [-0.05, 0) is 25.0 Å². The van der Waals surface area contributed by atoms with E-state index < -0.39 is 33.8 Å². The van der Waals surface area contributed by atoms with Gasteiger partial charge in [0.05, 0.1) is 12.2 Å². The van der Waals surface area contributed by atoms with Crippen molar-refractivity contribution in [2.45, 2.75) is 37.1 Å². The van der Waals surface area contributed by atoms with Crippen LogP contribution in [-0.2, 0) is 19.7 Å². The molecule has 1 spiro atoms. The largest absolute Gasteiger partial charge is 0.490 e. The molecule has 1 aromatic heterocycles. The third-order valence-corrected chi connectivity index (χ3v) is 6.60. The molecule has 176 valence electrons. The van der Waals surface area contributed by atoms with Gasteiger partial charge in [-0.15, -0.1) is 0 Å². The van der Waals surface area contributed by atoms with E-state index in [1.54, 1.807) is 0 Å². The van der Waals surface area contributed by atoms with Crippen molar-refractivity contribution in [2.75, 3.05) is 33.8 Å². The number of rotatable bonds is 4. The van der Waals surface area contributed by atoms with Crippen LogP contribution in [0.5, 0.6) is 5.88 Å². The molecule has 0 bridgehead atoms. The second-order valence-corrected chi connectivity index (χ2v) is 9.40. The number of aromatic nitrogens is 1. The topological polar surface area (TPSA) is 109 Å². The quantitative estimate of drug-likeness (QED) is 0.663. The molecule has 0 unspecified atom stereocenters. The molecular formula is C17H23F4N3O6S. The van der Waals surface area contributed by atoms with Gasteiger partial charge >= 0.3 is 12.1 Å². The average Bonchev–Trinajstić information content (AvgIpc) is 3.05. The zero-order valence-electron chi connectivity index (χ0n) is 16.8. The van der Waals surface area contributed by atoms with Crippen molar-refractivity contribution in [1.82, 2.24) is 13.6 Å². The highest BCUT2D eigenvalue weighted by Crippen LogP contribution is 2.37. The summed E-state index contributed by atoms with van der Waals surface area (Å²) in [6.45, 7) is 1.07. The van der Waals surface area contributed by atoms with E-state index in [1.807, 2.05) is 0 Å². The van der Waals surface area contributed by atoms with E-state index in [9.17, 15) is 26.0 Å². The molecule has 0 saturated carbocycles. The second kappa shape index (κ2) is 9.63. The number of hydrogen-bond acceptors (Lipinski definition) is 6. The Morgan fingerprint density at radius 3 is 2.61 bits per heavy atom. The standard InChI is InChI=1S/C15H22FN3O4S.C2HF3O2/c1-18(2)24(20,21)19-8-4-6-15(11-19)9-12(10-22-15)23-14-13(16)5-3-7-17-14;3-2(4,5)1(6)7/h3,5,7,12H,4,6,8-11H2,1-2H3;(H,6,7)/t12-,15+;/m1./s1. The molecule has 0 aliphatic carbocycles. The smallest absolute Gasteiger partial charge is 0.475 e. The van der Waals surface area contributed by atoms with Crippen LogP contribution in [0.2, 0.25) is 0 Å². The molecule has 3 heterocycles. The van der Waals surface area contributed by atoms with Crippen molar-refractivity contribution in [3.63, 3.8) is 0 Å². The Hall–Kier alpha value is -2.03. The third kappa shape index (κ3) is 6.48. The maximum atomic E-state index is 13.7. The number of alkyl halides is 3. The SMILES string of the molecule is CN(C)S(=O)(=O)N1CCC[C@]2(C[C@@H](Oc3ncccc3F)CO2)C1.O=C(O)C(F)(F)F. The molecule has 9 nitrogen and oxygen atoms in total. The molecule has 31 heavy (non-hydrogen) atoms. The minimum Gasteiger partial charge on any atom is -0.475 e. The van der Waals surface area contributed by atoms with Gasteiger partial charge in [0.1, 0.15) is 6.10 Å². The molecule has 2 saturated heterocycles. The summed E-state index contributed by atoms with van der Waals surface area (Å²) in [6, 6.07) is 2.79. The number of nitrogens with zero attached hydrogens (tertiary/aromatic N) is 3. The molecule has 14 heteroatoms. The summed E-state index contributed by atoms with van der Waals surface area (Å²) in [4.78, 5) is 12.8. The average molecular weight is 473 g/mol. The summed E-state index contributed by atoms with van der Waals surface area (Å²) in [7, 11) is -0.441. The maximum Gasteiger partial charge on any atom is 0.490 e. The lowest BCUT2D eigenvalue weighted by molar-refractivity contribution is -0.192. The number of piperidine rings is 1. The number of ether oxygens (including phenoxy) is 2. The molecule has 2 aliphatic rings. The number of carboxylic acids is 1. The molecule has 2 aliphatic heterocycles. The fourth-order valence-corrected chi connectivity index (χ4v) is 4.48. The van der Waals surface area contributed by atoms with Gasteiger partial charge < -0.3 is 14.6 Å². The van der Waals surface area contributed by atoms with E-state index in [4.69, 9.17) is 19.4 Å². The lowest BCUT2D eigenvalue weighted by Gasteiger charge is -2.39. The Morgan fingerprint density at radius 2 is 2.06 bits per heavy atom. The Balaban J connectivity index is 0.000000423. The Morgan fingerprint density at radius 1 is 1.42 bits per heavy atom. The summed E-state index contributed by atoms with van der Waals surface area (Å²) in [5.41, 5.74) is -0.572. The van der Waals surface area contributed by atoms with Gasteiger partial charge in [0, 0.05) is 39.8 Å². The van der Waals surface area contributed by atoms with Gasteiger partial charge in [-0.1, -0.05) is 0 Å². The molecular weight excluding hydrogens is 450 g/mol. The van der Waals surface area contributed by atoms with E-state index in [-0.39, 0.29) is 18.5 Å². The predicted molar refractivity (Wildman–Crippen MR) is 99.0 cm³/mol. The van der Waals surface area contributed by atoms with E-state index in [1.165, 1.54) is 41.0 Å². The molecule has 2 atom stereocenters. The minimum atomic E-state index is -5.08. The first-order chi connectivity index (χ1) is 14.3. The Bertz CT molecular complexity index is 883. The van der Waals surface area contributed by atoms with Crippen LogP contribution in [0.4, 0.5) is 17.6 Å². The van der Waals surface area contributed by atoms with Crippen molar-refractivity contribution in [3.8, 4) is 5.88 Å². The Labute approximate surface area is 176 Å². The van der Waals surface area contributed by atoms with E-state index in [2.05, 4.69) is 4.98 Å². The normalized spacial score (nSPS) is 24.7. The van der Waals surface area contributed by atoms with Gasteiger partial charge in [-0.3, -0.25) is 0 Å². The second-order valence-electron chi connectivity index (χ2n) is 7.26. The van der Waals surface area contributed by atoms with Crippen LogP contribution in [-0.4, -0.2) is 84.8 Å². The summed E-state index contributed by atoms with van der Waals surface area (Å²) in [5, 5.41) is 7.12. The number of halogens is 4. The zero-order chi connectivity index (χ0) is 23.4. The number of aliphatic carboxylic acids is 1. The van der Waals surface area contributed by atoms with Crippen LogP contribution < -0.4 is 4.74 Å². The number of carbonyl (C=O) groups is 1. The molecule has 3 rings (SSSR count). The van der Waals surface area contributed by atoms with Crippen molar-refractivity contribution in [3.05, 3.63) is 24.1 Å². The third-order valence-electron chi connectivity index (χ3n) is 4.71. The van der Waals surface area contributed by atoms with E-state index >= 15 is 0 Å². The lowest BCUT2D eigenvalue weighted by Crippen LogP contribution is -2.53. The van der Waals surface area contributed by atoms with Gasteiger partial charge in [-0.25, -0.2) is 14.2 Å². The zero-order valence-corrected chi connectivity index (χ0v) is 17.6. The first-order valence-corrected chi connectivity index (χ1v) is 10.6. The molecule has 2 fully saturated rings. The first kappa shape index (κ1) is 25.2. The Kier molecular flexibility index (Phi) is 7.84. The highest BCUT2D eigenvalue weighted by Gasteiger charge is 2.47. The fourth-order valence-electron chi connectivity index (χ4n) is 3.26. The molecule has 0 aromatic carbocycles.